The maximum absolute atomic E-state index is 12.2. The first-order valence-electron chi connectivity index (χ1n) is 5.96. The van der Waals surface area contributed by atoms with Crippen LogP contribution in [-0.2, 0) is 4.79 Å². The minimum Gasteiger partial charge on any atom is -0.394 e. The van der Waals surface area contributed by atoms with Crippen LogP contribution >= 0.6 is 0 Å². The van der Waals surface area contributed by atoms with Gasteiger partial charge < -0.3 is 20.8 Å². The van der Waals surface area contributed by atoms with Crippen LogP contribution in [0, 0.1) is 0 Å². The fourth-order valence-corrected chi connectivity index (χ4v) is 2.03. The normalized spacial score (nSPS) is 18.1. The van der Waals surface area contributed by atoms with Gasteiger partial charge in [0.2, 0.25) is 5.91 Å². The molecule has 0 radical (unpaired) electrons. The molecule has 1 heterocycles. The van der Waals surface area contributed by atoms with Crippen molar-refractivity contribution in [1.29, 1.82) is 0 Å². The third-order valence-electron chi connectivity index (χ3n) is 3.27. The number of carbonyl (C=O) groups excluding carboxylic acids is 1. The van der Waals surface area contributed by atoms with Crippen LogP contribution in [0.25, 0.3) is 0 Å². The minimum atomic E-state index is -0.978. The summed E-state index contributed by atoms with van der Waals surface area (Å²) in [4.78, 5) is 12.2. The summed E-state index contributed by atoms with van der Waals surface area (Å²) < 4.78 is 0. The van der Waals surface area contributed by atoms with Crippen LogP contribution in [0.1, 0.15) is 18.4 Å². The number of amides is 1. The van der Waals surface area contributed by atoms with Crippen LogP contribution in [0.4, 0.5) is 5.69 Å². The molecule has 1 unspecified atom stereocenters. The van der Waals surface area contributed by atoms with Gasteiger partial charge in [-0.05, 0) is 18.6 Å². The molecule has 1 aromatic carbocycles. The SMILES string of the molecule is CC(CO)(CO)NC(=O)C1CNc2ccccc21. The van der Waals surface area contributed by atoms with E-state index < -0.39 is 5.54 Å². The molecule has 1 aliphatic rings. The molecule has 0 aromatic heterocycles. The van der Waals surface area contributed by atoms with E-state index in [2.05, 4.69) is 10.6 Å². The van der Waals surface area contributed by atoms with Crippen LogP contribution in [0.5, 0.6) is 0 Å². The number of hydrogen-bond donors (Lipinski definition) is 4. The van der Waals surface area contributed by atoms with Gasteiger partial charge in [-0.25, -0.2) is 0 Å². The fourth-order valence-electron chi connectivity index (χ4n) is 2.03. The maximum Gasteiger partial charge on any atom is 0.229 e. The summed E-state index contributed by atoms with van der Waals surface area (Å²) in [6.45, 7) is 1.56. The molecule has 98 valence electrons. The summed E-state index contributed by atoms with van der Waals surface area (Å²) in [6, 6.07) is 7.65. The van der Waals surface area contributed by atoms with Gasteiger partial charge in [-0.3, -0.25) is 4.79 Å². The van der Waals surface area contributed by atoms with Crippen LogP contribution in [-0.4, -0.2) is 41.4 Å². The Balaban J connectivity index is 2.12. The smallest absolute Gasteiger partial charge is 0.229 e. The second-order valence-corrected chi connectivity index (χ2v) is 4.89. The zero-order valence-electron chi connectivity index (χ0n) is 10.3. The van der Waals surface area contributed by atoms with Gasteiger partial charge in [-0.1, -0.05) is 18.2 Å². The molecule has 1 amide bonds. The zero-order chi connectivity index (χ0) is 13.2. The lowest BCUT2D eigenvalue weighted by Gasteiger charge is -2.27. The number of fused-ring (bicyclic) bond motifs is 1. The van der Waals surface area contributed by atoms with Gasteiger partial charge in [0, 0.05) is 12.2 Å². The number of aliphatic hydroxyl groups is 2. The van der Waals surface area contributed by atoms with Gasteiger partial charge in [0.1, 0.15) is 0 Å². The monoisotopic (exact) mass is 250 g/mol. The number of para-hydroxylation sites is 1. The highest BCUT2D eigenvalue weighted by atomic mass is 16.3. The number of benzene rings is 1. The molecule has 0 saturated carbocycles. The molecule has 0 spiro atoms. The molecule has 5 nitrogen and oxygen atoms in total. The lowest BCUT2D eigenvalue weighted by atomic mass is 9.98. The molecule has 1 atom stereocenters. The molecule has 1 aliphatic heterocycles. The quantitative estimate of drug-likeness (QED) is 0.609. The van der Waals surface area contributed by atoms with Crippen LogP contribution in [0.3, 0.4) is 0 Å². The number of rotatable bonds is 4. The minimum absolute atomic E-state index is 0.182. The van der Waals surface area contributed by atoms with Gasteiger partial charge in [-0.2, -0.15) is 0 Å². The summed E-state index contributed by atoms with van der Waals surface area (Å²) in [7, 11) is 0. The van der Waals surface area contributed by atoms with Gasteiger partial charge >= 0.3 is 0 Å². The first-order chi connectivity index (χ1) is 8.59. The summed E-state index contributed by atoms with van der Waals surface area (Å²) >= 11 is 0. The number of anilines is 1. The first kappa shape index (κ1) is 12.9. The lowest BCUT2D eigenvalue weighted by Crippen LogP contribution is -2.53. The summed E-state index contributed by atoms with van der Waals surface area (Å²) in [6.07, 6.45) is 0. The van der Waals surface area contributed by atoms with Crippen LogP contribution in [0.15, 0.2) is 24.3 Å². The van der Waals surface area contributed by atoms with Crippen molar-refractivity contribution in [2.24, 2.45) is 0 Å². The summed E-state index contributed by atoms with van der Waals surface area (Å²) in [5.74, 6) is -0.461. The van der Waals surface area contributed by atoms with Gasteiger partial charge in [0.25, 0.3) is 0 Å². The van der Waals surface area contributed by atoms with Gasteiger partial charge in [0.15, 0.2) is 0 Å². The topological polar surface area (TPSA) is 81.6 Å². The summed E-state index contributed by atoms with van der Waals surface area (Å²) in [5.41, 5.74) is 0.940. The van der Waals surface area contributed by atoms with Crippen molar-refractivity contribution in [3.05, 3.63) is 29.8 Å². The molecule has 0 saturated heterocycles. The van der Waals surface area contributed by atoms with Crippen LogP contribution in [0.2, 0.25) is 0 Å². The molecule has 1 aromatic rings. The van der Waals surface area contributed by atoms with Crippen molar-refractivity contribution >= 4 is 11.6 Å². The number of carbonyl (C=O) groups is 1. The van der Waals surface area contributed by atoms with E-state index >= 15 is 0 Å². The Kier molecular flexibility index (Phi) is 3.54. The van der Waals surface area contributed by atoms with E-state index in [1.807, 2.05) is 24.3 Å². The Labute approximate surface area is 106 Å². The predicted octanol–water partition coefficient (Wildman–Crippen LogP) is 0.0552. The number of nitrogens with one attached hydrogen (secondary N) is 2. The lowest BCUT2D eigenvalue weighted by molar-refractivity contribution is -0.125. The van der Waals surface area contributed by atoms with Crippen molar-refractivity contribution in [2.75, 3.05) is 25.1 Å². The van der Waals surface area contributed by atoms with Crippen LogP contribution < -0.4 is 10.6 Å². The van der Waals surface area contributed by atoms with Crippen molar-refractivity contribution in [1.82, 2.24) is 5.32 Å². The summed E-state index contributed by atoms with van der Waals surface area (Å²) in [5, 5.41) is 24.2. The largest absolute Gasteiger partial charge is 0.394 e. The third-order valence-corrected chi connectivity index (χ3v) is 3.27. The molecule has 0 bridgehead atoms. The highest BCUT2D eigenvalue weighted by Crippen LogP contribution is 2.31. The molecule has 0 aliphatic carbocycles. The first-order valence-corrected chi connectivity index (χ1v) is 5.96. The van der Waals surface area contributed by atoms with Gasteiger partial charge in [-0.15, -0.1) is 0 Å². The molecule has 5 heteroatoms. The molecular weight excluding hydrogens is 232 g/mol. The maximum atomic E-state index is 12.2. The second-order valence-electron chi connectivity index (χ2n) is 4.89. The second kappa shape index (κ2) is 4.96. The highest BCUT2D eigenvalue weighted by Gasteiger charge is 2.32. The van der Waals surface area contributed by atoms with Crippen molar-refractivity contribution in [3.8, 4) is 0 Å². The Morgan fingerprint density at radius 1 is 1.44 bits per heavy atom. The highest BCUT2D eigenvalue weighted by molar-refractivity contribution is 5.88. The Hall–Kier alpha value is -1.59. The van der Waals surface area contributed by atoms with E-state index in [1.165, 1.54) is 0 Å². The average Bonchev–Trinajstić information content (AvgIpc) is 2.82. The third kappa shape index (κ3) is 2.32. The predicted molar refractivity (Wildman–Crippen MR) is 68.4 cm³/mol. The van der Waals surface area contributed by atoms with E-state index in [4.69, 9.17) is 0 Å². The van der Waals surface area contributed by atoms with E-state index in [-0.39, 0.29) is 25.0 Å². The van der Waals surface area contributed by atoms with Crippen molar-refractivity contribution < 1.29 is 15.0 Å². The van der Waals surface area contributed by atoms with Crippen molar-refractivity contribution in [3.63, 3.8) is 0 Å². The van der Waals surface area contributed by atoms with Crippen molar-refractivity contribution in [2.45, 2.75) is 18.4 Å². The average molecular weight is 250 g/mol. The standard InChI is InChI=1S/C13H18N2O3/c1-13(7-16,8-17)15-12(18)10-6-14-11-5-3-2-4-9(10)11/h2-5,10,14,16-17H,6-8H2,1H3,(H,15,18). The van der Waals surface area contributed by atoms with E-state index in [1.54, 1.807) is 6.92 Å². The molecule has 2 rings (SSSR count). The fraction of sp³-hybridized carbons (Fsp3) is 0.462. The Morgan fingerprint density at radius 3 is 2.78 bits per heavy atom. The number of hydrogen-bond acceptors (Lipinski definition) is 4. The Morgan fingerprint density at radius 2 is 2.11 bits per heavy atom. The molecule has 0 fully saturated rings. The number of aliphatic hydroxyl groups excluding tert-OH is 2. The van der Waals surface area contributed by atoms with E-state index in [0.717, 1.165) is 11.3 Å². The van der Waals surface area contributed by atoms with E-state index in [9.17, 15) is 15.0 Å². The van der Waals surface area contributed by atoms with E-state index in [0.29, 0.717) is 6.54 Å². The zero-order valence-corrected chi connectivity index (χ0v) is 10.3. The molecular formula is C13H18N2O3. The molecule has 18 heavy (non-hydrogen) atoms. The van der Waals surface area contributed by atoms with Gasteiger partial charge in [0.05, 0.1) is 24.7 Å². The Bertz CT molecular complexity index is 444. The molecule has 4 N–H and O–H groups in total.